The van der Waals surface area contributed by atoms with Crippen LogP contribution in [0.5, 0.6) is 0 Å². The zero-order chi connectivity index (χ0) is 14.8. The van der Waals surface area contributed by atoms with Gasteiger partial charge >= 0.3 is 12.0 Å². The molecule has 0 spiro atoms. The minimum Gasteiger partial charge on any atom is -0.480 e. The fraction of sp³-hybridized carbons (Fsp3) is 0.857. The number of aliphatic carboxylic acids is 1. The van der Waals surface area contributed by atoms with Crippen molar-refractivity contribution in [1.82, 2.24) is 10.2 Å². The molecule has 0 aromatic rings. The Morgan fingerprint density at radius 2 is 1.89 bits per heavy atom. The molecule has 110 valence electrons. The third-order valence-electron chi connectivity index (χ3n) is 3.71. The maximum Gasteiger partial charge on any atom is 0.326 e. The van der Waals surface area contributed by atoms with Crippen LogP contribution in [-0.2, 0) is 4.79 Å². The first-order chi connectivity index (χ1) is 8.64. The molecule has 5 nitrogen and oxygen atoms in total. The summed E-state index contributed by atoms with van der Waals surface area (Å²) in [6, 6.07) is -0.902. The van der Waals surface area contributed by atoms with Crippen LogP contribution in [0, 0.1) is 11.3 Å². The van der Waals surface area contributed by atoms with E-state index in [1.54, 1.807) is 4.90 Å². The Labute approximate surface area is 115 Å². The number of amides is 2. The van der Waals surface area contributed by atoms with E-state index in [1.165, 1.54) is 0 Å². The maximum absolute atomic E-state index is 12.3. The first kappa shape index (κ1) is 15.8. The zero-order valence-electron chi connectivity index (χ0n) is 12.6. The van der Waals surface area contributed by atoms with Gasteiger partial charge in [-0.15, -0.1) is 0 Å². The van der Waals surface area contributed by atoms with Crippen molar-refractivity contribution in [3.63, 3.8) is 0 Å². The summed E-state index contributed by atoms with van der Waals surface area (Å²) in [5.74, 6) is -0.590. The second kappa shape index (κ2) is 5.80. The molecule has 0 aromatic carbocycles. The molecule has 1 rings (SSSR count). The first-order valence-electron chi connectivity index (χ1n) is 6.94. The zero-order valence-corrected chi connectivity index (χ0v) is 12.6. The molecule has 1 aliphatic rings. The molecule has 2 amide bonds. The number of carbonyl (C=O) groups excluding carboxylic acids is 1. The molecule has 5 heteroatoms. The Balaban J connectivity index is 2.75. The van der Waals surface area contributed by atoms with E-state index in [4.69, 9.17) is 0 Å². The fourth-order valence-corrected chi connectivity index (χ4v) is 2.59. The summed E-state index contributed by atoms with van der Waals surface area (Å²) in [6.45, 7) is 10.3. The smallest absolute Gasteiger partial charge is 0.326 e. The number of likely N-dealkylation sites (tertiary alicyclic amines) is 1. The number of nitrogens with zero attached hydrogens (tertiary/aromatic N) is 1. The van der Waals surface area contributed by atoms with Crippen LogP contribution < -0.4 is 5.32 Å². The van der Waals surface area contributed by atoms with Crippen molar-refractivity contribution >= 4 is 12.0 Å². The summed E-state index contributed by atoms with van der Waals surface area (Å²) in [5.41, 5.74) is -0.505. The highest BCUT2D eigenvalue weighted by Crippen LogP contribution is 2.25. The first-order valence-corrected chi connectivity index (χ1v) is 6.94. The lowest BCUT2D eigenvalue weighted by Crippen LogP contribution is -2.54. The van der Waals surface area contributed by atoms with Gasteiger partial charge in [0.15, 0.2) is 0 Å². The van der Waals surface area contributed by atoms with Crippen LogP contribution in [0.25, 0.3) is 0 Å². The van der Waals surface area contributed by atoms with Crippen molar-refractivity contribution in [2.75, 3.05) is 6.54 Å². The topological polar surface area (TPSA) is 69.6 Å². The highest BCUT2D eigenvalue weighted by Gasteiger charge is 2.37. The molecule has 1 unspecified atom stereocenters. The van der Waals surface area contributed by atoms with Crippen LogP contribution in [0.3, 0.4) is 0 Å². The SMILES string of the molecule is CC(C)C1CCCN1C(=O)N[C@@H](C(=O)O)C(C)(C)C. The molecule has 0 aromatic heterocycles. The molecule has 1 aliphatic heterocycles. The van der Waals surface area contributed by atoms with Crippen LogP contribution in [0.2, 0.25) is 0 Å². The van der Waals surface area contributed by atoms with Crippen LogP contribution in [0.1, 0.15) is 47.5 Å². The number of carboxylic acids is 1. The lowest BCUT2D eigenvalue weighted by atomic mass is 9.87. The number of carbonyl (C=O) groups is 2. The third-order valence-corrected chi connectivity index (χ3v) is 3.71. The van der Waals surface area contributed by atoms with Gasteiger partial charge in [-0.3, -0.25) is 0 Å². The third kappa shape index (κ3) is 3.85. The summed E-state index contributed by atoms with van der Waals surface area (Å²) in [5, 5.41) is 11.9. The molecule has 0 aliphatic carbocycles. The predicted octanol–water partition coefficient (Wildman–Crippen LogP) is 2.32. The molecule has 19 heavy (non-hydrogen) atoms. The molecule has 1 heterocycles. The van der Waals surface area contributed by atoms with E-state index < -0.39 is 17.4 Å². The van der Waals surface area contributed by atoms with E-state index in [9.17, 15) is 14.7 Å². The Morgan fingerprint density at radius 3 is 2.32 bits per heavy atom. The number of nitrogens with one attached hydrogen (secondary N) is 1. The normalized spacial score (nSPS) is 21.6. The van der Waals surface area contributed by atoms with E-state index >= 15 is 0 Å². The molecular formula is C14H26N2O3. The van der Waals surface area contributed by atoms with E-state index in [0.717, 1.165) is 12.8 Å². The van der Waals surface area contributed by atoms with E-state index in [1.807, 2.05) is 20.8 Å². The van der Waals surface area contributed by atoms with Crippen LogP contribution >= 0.6 is 0 Å². The van der Waals surface area contributed by atoms with Crippen molar-refractivity contribution in [3.8, 4) is 0 Å². The van der Waals surface area contributed by atoms with Crippen molar-refractivity contribution in [1.29, 1.82) is 0 Å². The molecule has 2 atom stereocenters. The summed E-state index contributed by atoms with van der Waals surface area (Å²) in [7, 11) is 0. The number of rotatable bonds is 3. The van der Waals surface area contributed by atoms with Crippen LogP contribution in [0.4, 0.5) is 4.79 Å². The van der Waals surface area contributed by atoms with Gasteiger partial charge in [0, 0.05) is 12.6 Å². The predicted molar refractivity (Wildman–Crippen MR) is 74.0 cm³/mol. The van der Waals surface area contributed by atoms with Gasteiger partial charge in [-0.2, -0.15) is 0 Å². The van der Waals surface area contributed by atoms with E-state index in [-0.39, 0.29) is 12.1 Å². The summed E-state index contributed by atoms with van der Waals surface area (Å²) in [4.78, 5) is 25.3. The monoisotopic (exact) mass is 270 g/mol. The average Bonchev–Trinajstić information content (AvgIpc) is 2.72. The highest BCUT2D eigenvalue weighted by molar-refractivity contribution is 5.83. The second-order valence-electron chi connectivity index (χ2n) is 6.73. The molecular weight excluding hydrogens is 244 g/mol. The summed E-state index contributed by atoms with van der Waals surface area (Å²) >= 11 is 0. The molecule has 1 fully saturated rings. The number of urea groups is 1. The van der Waals surface area contributed by atoms with Crippen molar-refractivity contribution in [2.24, 2.45) is 11.3 Å². The molecule has 1 saturated heterocycles. The second-order valence-corrected chi connectivity index (χ2v) is 6.73. The molecule has 0 bridgehead atoms. The van der Waals surface area contributed by atoms with E-state index in [0.29, 0.717) is 12.5 Å². The standard InChI is InChI=1S/C14H26N2O3/c1-9(2)10-7-6-8-16(10)13(19)15-11(12(17)18)14(3,4)5/h9-11H,6-8H2,1-5H3,(H,15,19)(H,17,18)/t10?,11-/m0/s1. The van der Waals surface area contributed by atoms with Gasteiger partial charge in [-0.05, 0) is 24.2 Å². The number of hydrogen-bond donors (Lipinski definition) is 2. The van der Waals surface area contributed by atoms with Gasteiger partial charge < -0.3 is 15.3 Å². The van der Waals surface area contributed by atoms with Crippen LogP contribution in [0.15, 0.2) is 0 Å². The average molecular weight is 270 g/mol. The Kier molecular flexibility index (Phi) is 4.82. The van der Waals surface area contributed by atoms with E-state index in [2.05, 4.69) is 19.2 Å². The Morgan fingerprint density at radius 1 is 1.32 bits per heavy atom. The summed E-state index contributed by atoms with van der Waals surface area (Å²) < 4.78 is 0. The van der Waals surface area contributed by atoms with Gasteiger partial charge in [0.05, 0.1) is 0 Å². The number of carboxylic acid groups (broad SMARTS) is 1. The summed E-state index contributed by atoms with van der Waals surface area (Å²) in [6.07, 6.45) is 1.99. The van der Waals surface area contributed by atoms with Gasteiger partial charge in [0.1, 0.15) is 6.04 Å². The van der Waals surface area contributed by atoms with Crippen molar-refractivity contribution in [2.45, 2.75) is 59.5 Å². The fourth-order valence-electron chi connectivity index (χ4n) is 2.59. The molecule has 0 radical (unpaired) electrons. The van der Waals surface area contributed by atoms with Gasteiger partial charge in [0.25, 0.3) is 0 Å². The van der Waals surface area contributed by atoms with Crippen LogP contribution in [-0.4, -0.2) is 40.6 Å². The van der Waals surface area contributed by atoms with Crippen molar-refractivity contribution < 1.29 is 14.7 Å². The minimum atomic E-state index is -0.985. The van der Waals surface area contributed by atoms with Crippen molar-refractivity contribution in [3.05, 3.63) is 0 Å². The van der Waals surface area contributed by atoms with Gasteiger partial charge in [-0.1, -0.05) is 34.6 Å². The largest absolute Gasteiger partial charge is 0.480 e. The number of hydrogen-bond acceptors (Lipinski definition) is 2. The quantitative estimate of drug-likeness (QED) is 0.827. The molecule has 0 saturated carbocycles. The highest BCUT2D eigenvalue weighted by atomic mass is 16.4. The molecule has 2 N–H and O–H groups in total. The lowest BCUT2D eigenvalue weighted by Gasteiger charge is -2.33. The van der Waals surface area contributed by atoms with Gasteiger partial charge in [0.2, 0.25) is 0 Å². The Hall–Kier alpha value is -1.26. The maximum atomic E-state index is 12.3. The Bertz CT molecular complexity index is 347. The lowest BCUT2D eigenvalue weighted by molar-refractivity contribution is -0.142. The minimum absolute atomic E-state index is 0.217. The van der Waals surface area contributed by atoms with Gasteiger partial charge in [-0.25, -0.2) is 9.59 Å².